The van der Waals surface area contributed by atoms with Crippen LogP contribution in [-0.2, 0) is 13.1 Å². The number of hydrogen-bond acceptors (Lipinski definition) is 5. The molecule has 0 atom stereocenters. The van der Waals surface area contributed by atoms with Crippen molar-refractivity contribution in [2.24, 2.45) is 0 Å². The second-order valence-electron chi connectivity index (χ2n) is 8.17. The minimum Gasteiger partial charge on any atom is -0.507 e. The summed E-state index contributed by atoms with van der Waals surface area (Å²) in [6.45, 7) is 5.05. The van der Waals surface area contributed by atoms with E-state index in [-0.39, 0.29) is 5.75 Å². The first-order valence-electron chi connectivity index (χ1n) is 10.5. The zero-order chi connectivity index (χ0) is 19.3. The SMILES string of the molecule is O=c1occ(CN2CCCCC2)c(O)c1CN1CCC(c2ccccc2)CC1. The van der Waals surface area contributed by atoms with Crippen LogP contribution in [0.3, 0.4) is 0 Å². The standard InChI is InChI=1S/C23H30N2O3/c26-22-20(15-24-11-5-2-6-12-24)17-28-23(27)21(22)16-25-13-9-19(10-14-25)18-7-3-1-4-8-18/h1,3-4,7-8,17,19,26H,2,5-6,9-16H2. The van der Waals surface area contributed by atoms with E-state index in [0.29, 0.717) is 24.6 Å². The van der Waals surface area contributed by atoms with E-state index in [1.807, 2.05) is 0 Å². The van der Waals surface area contributed by atoms with Crippen LogP contribution in [0.15, 0.2) is 45.8 Å². The van der Waals surface area contributed by atoms with Gasteiger partial charge >= 0.3 is 5.63 Å². The molecule has 5 heteroatoms. The lowest BCUT2D eigenvalue weighted by Crippen LogP contribution is -2.34. The average molecular weight is 383 g/mol. The number of likely N-dealkylation sites (tertiary alicyclic amines) is 2. The number of rotatable bonds is 5. The summed E-state index contributed by atoms with van der Waals surface area (Å²) in [6.07, 6.45) is 7.25. The zero-order valence-corrected chi connectivity index (χ0v) is 16.5. The highest BCUT2D eigenvalue weighted by molar-refractivity contribution is 5.36. The zero-order valence-electron chi connectivity index (χ0n) is 16.5. The van der Waals surface area contributed by atoms with Gasteiger partial charge in [0, 0.05) is 18.7 Å². The van der Waals surface area contributed by atoms with Crippen molar-refractivity contribution in [3.63, 3.8) is 0 Å². The van der Waals surface area contributed by atoms with Gasteiger partial charge in [0.1, 0.15) is 12.0 Å². The molecule has 1 aromatic heterocycles. The van der Waals surface area contributed by atoms with Crippen molar-refractivity contribution in [2.75, 3.05) is 26.2 Å². The van der Waals surface area contributed by atoms with Crippen molar-refractivity contribution in [1.29, 1.82) is 0 Å². The third kappa shape index (κ3) is 4.47. The molecule has 2 fully saturated rings. The molecular formula is C23H30N2O3. The lowest BCUT2D eigenvalue weighted by Gasteiger charge is -2.32. The molecule has 0 radical (unpaired) electrons. The Hall–Kier alpha value is -2.11. The van der Waals surface area contributed by atoms with Gasteiger partial charge < -0.3 is 9.52 Å². The normalized spacial score (nSPS) is 19.7. The highest BCUT2D eigenvalue weighted by Gasteiger charge is 2.24. The Bertz CT molecular complexity index is 819. The van der Waals surface area contributed by atoms with Gasteiger partial charge in [-0.2, -0.15) is 0 Å². The molecule has 150 valence electrons. The summed E-state index contributed by atoms with van der Waals surface area (Å²) < 4.78 is 5.27. The molecular weight excluding hydrogens is 352 g/mol. The summed E-state index contributed by atoms with van der Waals surface area (Å²) in [6, 6.07) is 10.6. The van der Waals surface area contributed by atoms with E-state index in [4.69, 9.17) is 4.42 Å². The van der Waals surface area contributed by atoms with Crippen LogP contribution in [0.25, 0.3) is 0 Å². The fourth-order valence-electron chi connectivity index (χ4n) is 4.53. The van der Waals surface area contributed by atoms with E-state index in [1.165, 1.54) is 31.1 Å². The number of hydrogen-bond donors (Lipinski definition) is 1. The largest absolute Gasteiger partial charge is 0.507 e. The van der Waals surface area contributed by atoms with E-state index in [0.717, 1.165) is 44.6 Å². The number of nitrogens with zero attached hydrogens (tertiary/aromatic N) is 2. The predicted octanol–water partition coefficient (Wildman–Crippen LogP) is 3.71. The maximum Gasteiger partial charge on any atom is 0.343 e. The lowest BCUT2D eigenvalue weighted by molar-refractivity contribution is 0.197. The molecule has 2 aliphatic rings. The van der Waals surface area contributed by atoms with Crippen LogP contribution in [0.4, 0.5) is 0 Å². The fourth-order valence-corrected chi connectivity index (χ4v) is 4.53. The van der Waals surface area contributed by atoms with Gasteiger partial charge in [-0.3, -0.25) is 9.80 Å². The molecule has 28 heavy (non-hydrogen) atoms. The van der Waals surface area contributed by atoms with Crippen molar-refractivity contribution in [3.8, 4) is 5.75 Å². The summed E-state index contributed by atoms with van der Waals surface area (Å²) in [4.78, 5) is 16.9. The molecule has 0 saturated carbocycles. The van der Waals surface area contributed by atoms with Crippen LogP contribution in [-0.4, -0.2) is 41.1 Å². The molecule has 4 rings (SSSR count). The monoisotopic (exact) mass is 382 g/mol. The van der Waals surface area contributed by atoms with E-state index in [1.54, 1.807) is 0 Å². The van der Waals surface area contributed by atoms with E-state index >= 15 is 0 Å². The smallest absolute Gasteiger partial charge is 0.343 e. The van der Waals surface area contributed by atoms with Crippen LogP contribution in [0.5, 0.6) is 5.75 Å². The van der Waals surface area contributed by atoms with Crippen molar-refractivity contribution < 1.29 is 9.52 Å². The van der Waals surface area contributed by atoms with Crippen LogP contribution in [0.2, 0.25) is 0 Å². The Labute approximate surface area is 166 Å². The average Bonchev–Trinajstić information content (AvgIpc) is 2.75. The van der Waals surface area contributed by atoms with E-state index in [9.17, 15) is 9.90 Å². The molecule has 2 aliphatic heterocycles. The first-order chi connectivity index (χ1) is 13.7. The first-order valence-corrected chi connectivity index (χ1v) is 10.5. The molecule has 2 saturated heterocycles. The van der Waals surface area contributed by atoms with Gasteiger partial charge in [0.15, 0.2) is 0 Å². The third-order valence-corrected chi connectivity index (χ3v) is 6.23. The van der Waals surface area contributed by atoms with Crippen molar-refractivity contribution in [2.45, 2.75) is 51.1 Å². The Morgan fingerprint density at radius 1 is 0.929 bits per heavy atom. The molecule has 0 unspecified atom stereocenters. The summed E-state index contributed by atoms with van der Waals surface area (Å²) in [5.41, 5.74) is 2.13. The molecule has 0 bridgehead atoms. The highest BCUT2D eigenvalue weighted by atomic mass is 16.4. The quantitative estimate of drug-likeness (QED) is 0.854. The molecule has 1 N–H and O–H groups in total. The minimum absolute atomic E-state index is 0.131. The molecule has 5 nitrogen and oxygen atoms in total. The molecule has 3 heterocycles. The van der Waals surface area contributed by atoms with Crippen molar-refractivity contribution in [3.05, 3.63) is 63.7 Å². The molecule has 2 aromatic rings. The number of aromatic hydroxyl groups is 1. The predicted molar refractivity (Wildman–Crippen MR) is 109 cm³/mol. The maximum absolute atomic E-state index is 12.3. The number of benzene rings is 1. The Morgan fingerprint density at radius 3 is 2.32 bits per heavy atom. The Morgan fingerprint density at radius 2 is 1.61 bits per heavy atom. The summed E-state index contributed by atoms with van der Waals surface area (Å²) in [7, 11) is 0. The Balaban J connectivity index is 1.40. The second kappa shape index (κ2) is 8.93. The van der Waals surface area contributed by atoms with E-state index < -0.39 is 5.63 Å². The van der Waals surface area contributed by atoms with Gasteiger partial charge in [-0.25, -0.2) is 4.79 Å². The minimum atomic E-state index is -0.412. The topological polar surface area (TPSA) is 56.9 Å². The van der Waals surface area contributed by atoms with Gasteiger partial charge in [0.2, 0.25) is 0 Å². The van der Waals surface area contributed by atoms with Crippen molar-refractivity contribution >= 4 is 0 Å². The Kier molecular flexibility index (Phi) is 6.13. The fraction of sp³-hybridized carbons (Fsp3) is 0.522. The lowest BCUT2D eigenvalue weighted by atomic mass is 9.89. The highest BCUT2D eigenvalue weighted by Crippen LogP contribution is 2.30. The molecule has 1 aromatic carbocycles. The second-order valence-corrected chi connectivity index (χ2v) is 8.17. The molecule has 0 amide bonds. The summed E-state index contributed by atoms with van der Waals surface area (Å²) >= 11 is 0. The third-order valence-electron chi connectivity index (χ3n) is 6.23. The van der Waals surface area contributed by atoms with Gasteiger partial charge in [-0.15, -0.1) is 0 Å². The van der Waals surface area contributed by atoms with Gasteiger partial charge in [0.05, 0.1) is 5.56 Å². The maximum atomic E-state index is 12.3. The molecule has 0 spiro atoms. The van der Waals surface area contributed by atoms with Crippen LogP contribution >= 0.6 is 0 Å². The van der Waals surface area contributed by atoms with Gasteiger partial charge in [-0.1, -0.05) is 36.8 Å². The van der Waals surface area contributed by atoms with E-state index in [2.05, 4.69) is 40.1 Å². The summed E-state index contributed by atoms with van der Waals surface area (Å²) in [5.74, 6) is 0.708. The van der Waals surface area contributed by atoms with Gasteiger partial charge in [-0.05, 0) is 63.3 Å². The van der Waals surface area contributed by atoms with Gasteiger partial charge in [0.25, 0.3) is 0 Å². The number of piperidine rings is 2. The van der Waals surface area contributed by atoms with Crippen LogP contribution < -0.4 is 5.63 Å². The van der Waals surface area contributed by atoms with Crippen molar-refractivity contribution in [1.82, 2.24) is 9.80 Å². The summed E-state index contributed by atoms with van der Waals surface area (Å²) in [5, 5.41) is 10.7. The first kappa shape index (κ1) is 19.2. The molecule has 0 aliphatic carbocycles. The van der Waals surface area contributed by atoms with Crippen LogP contribution in [0.1, 0.15) is 54.7 Å². The van der Waals surface area contributed by atoms with Crippen LogP contribution in [0, 0.1) is 0 Å².